The Hall–Kier alpha value is -2.27. The second-order valence-electron chi connectivity index (χ2n) is 4.89. The Labute approximate surface area is 127 Å². The number of nitrogens with one attached hydrogen (secondary N) is 1. The maximum Gasteiger partial charge on any atom is 0.229 e. The van der Waals surface area contributed by atoms with E-state index in [1.165, 1.54) is 4.88 Å². The van der Waals surface area contributed by atoms with E-state index in [2.05, 4.69) is 39.3 Å². The van der Waals surface area contributed by atoms with Crippen molar-refractivity contribution in [2.45, 2.75) is 20.8 Å². The topological polar surface area (TPSA) is 50.7 Å². The number of hydrogen-bond donors (Lipinski definition) is 1. The predicted molar refractivity (Wildman–Crippen MR) is 87.1 cm³/mol. The van der Waals surface area contributed by atoms with Crippen LogP contribution in [0, 0.1) is 20.8 Å². The van der Waals surface area contributed by atoms with Crippen LogP contribution in [-0.2, 0) is 0 Å². The molecule has 0 aliphatic carbocycles. The lowest BCUT2D eigenvalue weighted by Crippen LogP contribution is -1.99. The maximum absolute atomic E-state index is 4.66. The van der Waals surface area contributed by atoms with Crippen molar-refractivity contribution in [2.75, 3.05) is 5.32 Å². The molecule has 0 aliphatic heterocycles. The monoisotopic (exact) mass is 296 g/mol. The van der Waals surface area contributed by atoms with Gasteiger partial charge in [0.2, 0.25) is 5.95 Å². The molecule has 1 aromatic carbocycles. The molecule has 1 N–H and O–H groups in total. The largest absolute Gasteiger partial charge is 0.300 e. The molecule has 0 aliphatic rings. The molecule has 3 aromatic rings. The van der Waals surface area contributed by atoms with Crippen molar-refractivity contribution in [2.24, 2.45) is 0 Å². The molecular weight excluding hydrogens is 280 g/mol. The number of aryl methyl sites for hydroxylation is 3. The van der Waals surface area contributed by atoms with E-state index >= 15 is 0 Å². The zero-order chi connectivity index (χ0) is 14.8. The molecule has 5 heteroatoms. The second kappa shape index (κ2) is 5.61. The highest BCUT2D eigenvalue weighted by Gasteiger charge is 2.10. The van der Waals surface area contributed by atoms with Gasteiger partial charge >= 0.3 is 0 Å². The molecule has 0 unspecified atom stereocenters. The Morgan fingerprint density at radius 2 is 1.57 bits per heavy atom. The molecule has 0 radical (unpaired) electrons. The van der Waals surface area contributed by atoms with Gasteiger partial charge in [0.25, 0.3) is 0 Å². The molecular formula is C16H16N4S. The summed E-state index contributed by atoms with van der Waals surface area (Å²) in [5.41, 5.74) is 4.02. The van der Waals surface area contributed by atoms with Crippen LogP contribution in [0.25, 0.3) is 11.3 Å². The standard InChI is InChI=1S/C16H16N4S/c1-10-9-11(2)18-15(17-10)20-16-19-14(12(3)21-16)13-7-5-4-6-8-13/h4-9H,1-3H3,(H,17,18,19,20). The van der Waals surface area contributed by atoms with Crippen molar-refractivity contribution in [1.29, 1.82) is 0 Å². The fraction of sp³-hybridized carbons (Fsp3) is 0.188. The third-order valence-corrected chi connectivity index (χ3v) is 3.93. The van der Waals surface area contributed by atoms with E-state index in [0.717, 1.165) is 27.8 Å². The van der Waals surface area contributed by atoms with Gasteiger partial charge in [-0.15, -0.1) is 11.3 Å². The molecule has 0 bridgehead atoms. The number of nitrogens with zero attached hydrogens (tertiary/aromatic N) is 3. The minimum atomic E-state index is 0.598. The van der Waals surface area contributed by atoms with Crippen molar-refractivity contribution in [3.8, 4) is 11.3 Å². The predicted octanol–water partition coefficient (Wildman–Crippen LogP) is 4.27. The zero-order valence-corrected chi connectivity index (χ0v) is 13.0. The van der Waals surface area contributed by atoms with Gasteiger partial charge in [-0.2, -0.15) is 0 Å². The Balaban J connectivity index is 1.91. The summed E-state index contributed by atoms with van der Waals surface area (Å²) >= 11 is 1.61. The molecule has 0 fully saturated rings. The van der Waals surface area contributed by atoms with Crippen LogP contribution in [0.2, 0.25) is 0 Å². The van der Waals surface area contributed by atoms with Crippen LogP contribution in [0.4, 0.5) is 11.1 Å². The summed E-state index contributed by atoms with van der Waals surface area (Å²) in [6.07, 6.45) is 0. The van der Waals surface area contributed by atoms with Crippen molar-refractivity contribution in [1.82, 2.24) is 15.0 Å². The second-order valence-corrected chi connectivity index (χ2v) is 6.09. The van der Waals surface area contributed by atoms with E-state index in [1.807, 2.05) is 38.1 Å². The van der Waals surface area contributed by atoms with E-state index < -0.39 is 0 Å². The highest BCUT2D eigenvalue weighted by atomic mass is 32.1. The first-order chi connectivity index (χ1) is 10.1. The van der Waals surface area contributed by atoms with Crippen LogP contribution < -0.4 is 5.32 Å². The molecule has 0 saturated carbocycles. The van der Waals surface area contributed by atoms with Gasteiger partial charge in [0.1, 0.15) is 0 Å². The SMILES string of the molecule is Cc1cc(C)nc(Nc2nc(-c3ccccc3)c(C)s2)n1. The Kier molecular flexibility index (Phi) is 3.66. The Bertz CT molecular complexity index is 745. The first kappa shape index (κ1) is 13.7. The summed E-state index contributed by atoms with van der Waals surface area (Å²) in [5, 5.41) is 4.02. The molecule has 4 nitrogen and oxygen atoms in total. The molecule has 0 atom stereocenters. The number of anilines is 2. The summed E-state index contributed by atoms with van der Waals surface area (Å²) in [4.78, 5) is 14.6. The molecule has 0 spiro atoms. The van der Waals surface area contributed by atoms with Crippen LogP contribution in [0.15, 0.2) is 36.4 Å². The van der Waals surface area contributed by atoms with Gasteiger partial charge in [0.05, 0.1) is 5.69 Å². The van der Waals surface area contributed by atoms with Crippen molar-refractivity contribution in [3.05, 3.63) is 52.7 Å². The lowest BCUT2D eigenvalue weighted by molar-refractivity contribution is 1.06. The average molecular weight is 296 g/mol. The molecule has 106 valence electrons. The van der Waals surface area contributed by atoms with Crippen molar-refractivity contribution in [3.63, 3.8) is 0 Å². The molecule has 3 rings (SSSR count). The minimum Gasteiger partial charge on any atom is -0.300 e. The number of benzene rings is 1. The fourth-order valence-corrected chi connectivity index (χ4v) is 3.02. The number of aromatic nitrogens is 3. The summed E-state index contributed by atoms with van der Waals surface area (Å²) < 4.78 is 0. The quantitative estimate of drug-likeness (QED) is 0.784. The molecule has 0 saturated heterocycles. The molecule has 0 amide bonds. The van der Waals surface area contributed by atoms with E-state index in [9.17, 15) is 0 Å². The van der Waals surface area contributed by atoms with Gasteiger partial charge in [0, 0.05) is 21.8 Å². The van der Waals surface area contributed by atoms with Gasteiger partial charge in [-0.25, -0.2) is 15.0 Å². The summed E-state index contributed by atoms with van der Waals surface area (Å²) in [6.45, 7) is 6.00. The van der Waals surface area contributed by atoms with Gasteiger partial charge in [0.15, 0.2) is 5.13 Å². The van der Waals surface area contributed by atoms with Crippen LogP contribution >= 0.6 is 11.3 Å². The van der Waals surface area contributed by atoms with Crippen LogP contribution in [0.5, 0.6) is 0 Å². The first-order valence-corrected chi connectivity index (χ1v) is 7.55. The molecule has 2 aromatic heterocycles. The van der Waals surface area contributed by atoms with Gasteiger partial charge in [-0.05, 0) is 26.8 Å². The highest BCUT2D eigenvalue weighted by Crippen LogP contribution is 2.31. The van der Waals surface area contributed by atoms with E-state index in [1.54, 1.807) is 11.3 Å². The van der Waals surface area contributed by atoms with E-state index in [-0.39, 0.29) is 0 Å². The number of hydrogen-bond acceptors (Lipinski definition) is 5. The summed E-state index contributed by atoms with van der Waals surface area (Å²) in [7, 11) is 0. The van der Waals surface area contributed by atoms with E-state index in [0.29, 0.717) is 5.95 Å². The molecule has 2 heterocycles. The fourth-order valence-electron chi connectivity index (χ4n) is 2.19. The Morgan fingerprint density at radius 1 is 0.905 bits per heavy atom. The lowest BCUT2D eigenvalue weighted by atomic mass is 10.1. The number of rotatable bonds is 3. The van der Waals surface area contributed by atoms with Gasteiger partial charge in [-0.3, -0.25) is 0 Å². The molecule has 21 heavy (non-hydrogen) atoms. The van der Waals surface area contributed by atoms with E-state index in [4.69, 9.17) is 0 Å². The van der Waals surface area contributed by atoms with Gasteiger partial charge in [-0.1, -0.05) is 30.3 Å². The normalized spacial score (nSPS) is 10.6. The van der Waals surface area contributed by atoms with Crippen LogP contribution in [-0.4, -0.2) is 15.0 Å². The summed E-state index contributed by atoms with van der Waals surface area (Å²) in [5.74, 6) is 0.598. The van der Waals surface area contributed by atoms with Crippen molar-refractivity contribution < 1.29 is 0 Å². The van der Waals surface area contributed by atoms with Crippen LogP contribution in [0.1, 0.15) is 16.3 Å². The highest BCUT2D eigenvalue weighted by molar-refractivity contribution is 7.16. The lowest BCUT2D eigenvalue weighted by Gasteiger charge is -2.03. The Morgan fingerprint density at radius 3 is 2.24 bits per heavy atom. The smallest absolute Gasteiger partial charge is 0.229 e. The van der Waals surface area contributed by atoms with Crippen molar-refractivity contribution >= 4 is 22.4 Å². The third kappa shape index (κ3) is 3.08. The first-order valence-electron chi connectivity index (χ1n) is 6.74. The minimum absolute atomic E-state index is 0.598. The average Bonchev–Trinajstić information content (AvgIpc) is 2.79. The maximum atomic E-state index is 4.66. The number of thiazole rings is 1. The van der Waals surface area contributed by atoms with Gasteiger partial charge < -0.3 is 5.32 Å². The third-order valence-electron chi connectivity index (χ3n) is 3.04. The summed E-state index contributed by atoms with van der Waals surface area (Å²) in [6, 6.07) is 12.1. The van der Waals surface area contributed by atoms with Crippen LogP contribution in [0.3, 0.4) is 0 Å². The zero-order valence-electron chi connectivity index (χ0n) is 12.2.